The van der Waals surface area contributed by atoms with Gasteiger partial charge in [-0.3, -0.25) is 4.68 Å². The number of carbonyl (C=O) groups excluding carboxylic acids is 1. The molecule has 1 saturated heterocycles. The quantitative estimate of drug-likeness (QED) is 0.799. The number of carbonyl (C=O) groups is 1. The second-order valence-corrected chi connectivity index (χ2v) is 7.80. The number of rotatable bonds is 1. The number of nitrogen functional groups attached to an aromatic ring is 1. The van der Waals surface area contributed by atoms with Crippen LogP contribution in [0.3, 0.4) is 0 Å². The van der Waals surface area contributed by atoms with Crippen molar-refractivity contribution in [2.24, 2.45) is 0 Å². The van der Waals surface area contributed by atoms with Crippen LogP contribution in [0.5, 0.6) is 0 Å². The highest BCUT2D eigenvalue weighted by Crippen LogP contribution is 2.32. The number of halogens is 1. The van der Waals surface area contributed by atoms with E-state index in [0.29, 0.717) is 23.5 Å². The predicted molar refractivity (Wildman–Crippen MR) is 95.7 cm³/mol. The average molecular weight is 396 g/mol. The first-order valence-electron chi connectivity index (χ1n) is 8.02. The Labute approximate surface area is 149 Å². The molecule has 0 spiro atoms. The topological polar surface area (TPSA) is 86.3 Å². The molecule has 0 aromatic carbocycles. The van der Waals surface area contributed by atoms with Gasteiger partial charge in [0.2, 0.25) is 0 Å². The van der Waals surface area contributed by atoms with Gasteiger partial charge < -0.3 is 15.4 Å². The molecule has 0 radical (unpaired) electrons. The number of piperidine rings is 1. The van der Waals surface area contributed by atoms with Gasteiger partial charge in [0.25, 0.3) is 0 Å². The van der Waals surface area contributed by atoms with E-state index >= 15 is 0 Å². The summed E-state index contributed by atoms with van der Waals surface area (Å²) in [5, 5.41) is 5.39. The van der Waals surface area contributed by atoms with Gasteiger partial charge >= 0.3 is 6.09 Å². The van der Waals surface area contributed by atoms with Crippen LogP contribution >= 0.6 is 15.9 Å². The van der Waals surface area contributed by atoms with E-state index in [1.807, 2.05) is 31.5 Å². The molecule has 130 valence electrons. The molecule has 0 bridgehead atoms. The van der Waals surface area contributed by atoms with E-state index in [4.69, 9.17) is 10.5 Å². The number of ether oxygens (including phenoxy) is 1. The fraction of sp³-hybridized carbons (Fsp3) is 0.562. The van der Waals surface area contributed by atoms with Gasteiger partial charge in [-0.2, -0.15) is 5.10 Å². The Balaban J connectivity index is 1.86. The minimum atomic E-state index is -0.494. The summed E-state index contributed by atoms with van der Waals surface area (Å²) in [6.45, 7) is 6.90. The Kier molecular flexibility index (Phi) is 4.42. The first kappa shape index (κ1) is 17.0. The van der Waals surface area contributed by atoms with Crippen molar-refractivity contribution in [1.29, 1.82) is 0 Å². The molecule has 8 heteroatoms. The minimum Gasteiger partial charge on any atom is -0.444 e. The van der Waals surface area contributed by atoms with Gasteiger partial charge in [-0.05, 0) is 55.6 Å². The number of likely N-dealkylation sites (tertiary alicyclic amines) is 1. The Morgan fingerprint density at radius 3 is 2.92 bits per heavy atom. The third-order valence-corrected chi connectivity index (χ3v) is 4.56. The molecule has 1 amide bonds. The van der Waals surface area contributed by atoms with E-state index in [0.717, 1.165) is 23.7 Å². The van der Waals surface area contributed by atoms with Crippen LogP contribution in [0.15, 0.2) is 16.9 Å². The number of nitrogens with two attached hydrogens (primary N) is 1. The zero-order valence-corrected chi connectivity index (χ0v) is 15.7. The fourth-order valence-corrected chi connectivity index (χ4v) is 3.57. The van der Waals surface area contributed by atoms with Crippen LogP contribution in [0.2, 0.25) is 0 Å². The SMILES string of the molecule is CC(C)(C)OC(=O)N1CCC[C@@H](n2nc(Br)c3c(N)nccc32)C1. The molecule has 2 N–H and O–H groups in total. The number of pyridine rings is 1. The van der Waals surface area contributed by atoms with Crippen molar-refractivity contribution in [3.05, 3.63) is 16.9 Å². The monoisotopic (exact) mass is 395 g/mol. The Bertz CT molecular complexity index is 768. The van der Waals surface area contributed by atoms with Gasteiger partial charge in [0.1, 0.15) is 16.0 Å². The molecule has 0 aliphatic carbocycles. The third kappa shape index (κ3) is 3.33. The number of fused-ring (bicyclic) bond motifs is 1. The lowest BCUT2D eigenvalue weighted by Crippen LogP contribution is -2.43. The molecule has 3 rings (SSSR count). The summed E-state index contributed by atoms with van der Waals surface area (Å²) < 4.78 is 8.11. The van der Waals surface area contributed by atoms with Crippen LogP contribution in [-0.4, -0.2) is 44.4 Å². The number of hydrogen-bond donors (Lipinski definition) is 1. The smallest absolute Gasteiger partial charge is 0.410 e. The molecule has 24 heavy (non-hydrogen) atoms. The summed E-state index contributed by atoms with van der Waals surface area (Å²) in [5.41, 5.74) is 6.39. The summed E-state index contributed by atoms with van der Waals surface area (Å²) >= 11 is 3.46. The van der Waals surface area contributed by atoms with Gasteiger partial charge in [0.05, 0.1) is 16.9 Å². The van der Waals surface area contributed by atoms with E-state index in [1.54, 1.807) is 11.1 Å². The highest BCUT2D eigenvalue weighted by atomic mass is 79.9. The number of aromatic nitrogens is 3. The summed E-state index contributed by atoms with van der Waals surface area (Å²) in [6.07, 6.45) is 3.26. The second kappa shape index (κ2) is 6.23. The van der Waals surface area contributed by atoms with Crippen molar-refractivity contribution in [2.45, 2.75) is 45.3 Å². The van der Waals surface area contributed by atoms with Crippen LogP contribution in [0, 0.1) is 0 Å². The zero-order valence-electron chi connectivity index (χ0n) is 14.1. The molecule has 1 atom stereocenters. The van der Waals surface area contributed by atoms with Crippen LogP contribution in [0.4, 0.5) is 10.6 Å². The summed E-state index contributed by atoms with van der Waals surface area (Å²) in [4.78, 5) is 18.2. The number of anilines is 1. The van der Waals surface area contributed by atoms with E-state index in [-0.39, 0.29) is 12.1 Å². The van der Waals surface area contributed by atoms with E-state index in [9.17, 15) is 4.79 Å². The lowest BCUT2D eigenvalue weighted by atomic mass is 10.1. The summed E-state index contributed by atoms with van der Waals surface area (Å²) in [7, 11) is 0. The number of hydrogen-bond acceptors (Lipinski definition) is 5. The number of nitrogens with zero attached hydrogens (tertiary/aromatic N) is 4. The van der Waals surface area contributed by atoms with Gasteiger partial charge in [0, 0.05) is 19.3 Å². The first-order valence-corrected chi connectivity index (χ1v) is 8.81. The Morgan fingerprint density at radius 2 is 2.21 bits per heavy atom. The third-order valence-electron chi connectivity index (χ3n) is 4.00. The second-order valence-electron chi connectivity index (χ2n) is 7.05. The highest BCUT2D eigenvalue weighted by Gasteiger charge is 2.30. The maximum Gasteiger partial charge on any atom is 0.410 e. The lowest BCUT2D eigenvalue weighted by Gasteiger charge is -2.34. The van der Waals surface area contributed by atoms with Crippen LogP contribution in [0.25, 0.3) is 10.9 Å². The zero-order chi connectivity index (χ0) is 17.5. The Morgan fingerprint density at radius 1 is 1.46 bits per heavy atom. The molecule has 1 fully saturated rings. The van der Waals surface area contributed by atoms with Crippen molar-refractivity contribution >= 4 is 38.7 Å². The molecular weight excluding hydrogens is 374 g/mol. The highest BCUT2D eigenvalue weighted by molar-refractivity contribution is 9.10. The average Bonchev–Trinajstić information content (AvgIpc) is 2.84. The van der Waals surface area contributed by atoms with Crippen molar-refractivity contribution in [2.75, 3.05) is 18.8 Å². The van der Waals surface area contributed by atoms with Gasteiger partial charge in [0.15, 0.2) is 0 Å². The van der Waals surface area contributed by atoms with Gasteiger partial charge in [-0.15, -0.1) is 0 Å². The van der Waals surface area contributed by atoms with Crippen LogP contribution in [0.1, 0.15) is 39.7 Å². The standard InChI is InChI=1S/C16H22BrN5O2/c1-16(2,3)24-15(23)21-8-4-5-10(9-21)22-11-6-7-19-14(18)12(11)13(17)20-22/h6-7,10H,4-5,8-9H2,1-3H3,(H2,18,19)/t10-/m1/s1. The maximum atomic E-state index is 12.3. The predicted octanol–water partition coefficient (Wildman–Crippen LogP) is 3.35. The fourth-order valence-electron chi connectivity index (χ4n) is 2.99. The van der Waals surface area contributed by atoms with Gasteiger partial charge in [-0.25, -0.2) is 9.78 Å². The lowest BCUT2D eigenvalue weighted by molar-refractivity contribution is 0.0169. The van der Waals surface area contributed by atoms with Gasteiger partial charge in [-0.1, -0.05) is 0 Å². The van der Waals surface area contributed by atoms with Crippen LogP contribution < -0.4 is 5.73 Å². The van der Waals surface area contributed by atoms with Crippen molar-refractivity contribution in [3.63, 3.8) is 0 Å². The molecule has 2 aromatic heterocycles. The normalized spacial score (nSPS) is 18.8. The van der Waals surface area contributed by atoms with E-state index in [2.05, 4.69) is 26.0 Å². The van der Waals surface area contributed by atoms with Crippen molar-refractivity contribution in [1.82, 2.24) is 19.7 Å². The molecule has 7 nitrogen and oxygen atoms in total. The molecule has 1 aliphatic rings. The molecular formula is C16H22BrN5O2. The number of amides is 1. The molecule has 0 unspecified atom stereocenters. The van der Waals surface area contributed by atoms with Crippen molar-refractivity contribution < 1.29 is 9.53 Å². The van der Waals surface area contributed by atoms with E-state index < -0.39 is 5.60 Å². The summed E-state index contributed by atoms with van der Waals surface area (Å²) in [5.74, 6) is 0.449. The molecule has 3 heterocycles. The minimum absolute atomic E-state index is 0.0851. The van der Waals surface area contributed by atoms with E-state index in [1.165, 1.54) is 0 Å². The first-order chi connectivity index (χ1) is 11.3. The maximum absolute atomic E-state index is 12.3. The molecule has 0 saturated carbocycles. The molecule has 2 aromatic rings. The largest absolute Gasteiger partial charge is 0.444 e. The van der Waals surface area contributed by atoms with Crippen LogP contribution in [-0.2, 0) is 4.74 Å². The Hall–Kier alpha value is -1.83. The molecule has 1 aliphatic heterocycles. The summed E-state index contributed by atoms with van der Waals surface area (Å²) in [6, 6.07) is 1.98. The van der Waals surface area contributed by atoms with Crippen molar-refractivity contribution in [3.8, 4) is 0 Å².